The Labute approximate surface area is 179 Å². The van der Waals surface area contributed by atoms with Crippen LogP contribution in [0.4, 0.5) is 11.4 Å². The van der Waals surface area contributed by atoms with Crippen molar-refractivity contribution >= 4 is 23.2 Å². The van der Waals surface area contributed by atoms with E-state index < -0.39 is 5.41 Å². The van der Waals surface area contributed by atoms with Crippen molar-refractivity contribution in [2.24, 2.45) is 5.41 Å². The van der Waals surface area contributed by atoms with Gasteiger partial charge in [-0.15, -0.1) is 0 Å². The van der Waals surface area contributed by atoms with Gasteiger partial charge in [0.1, 0.15) is 0 Å². The number of carbonyl (C=O) groups excluding carboxylic acids is 2. The number of rotatable bonds is 5. The molecule has 0 aromatic heterocycles. The van der Waals surface area contributed by atoms with Crippen molar-refractivity contribution < 1.29 is 9.59 Å². The smallest absolute Gasteiger partial charge is 0.251 e. The minimum absolute atomic E-state index is 0.0823. The molecule has 1 aliphatic rings. The van der Waals surface area contributed by atoms with E-state index in [4.69, 9.17) is 0 Å². The third-order valence-corrected chi connectivity index (χ3v) is 5.34. The van der Waals surface area contributed by atoms with Crippen LogP contribution in [0.15, 0.2) is 48.5 Å². The van der Waals surface area contributed by atoms with Gasteiger partial charge in [-0.2, -0.15) is 0 Å². The maximum absolute atomic E-state index is 12.7. The summed E-state index contributed by atoms with van der Waals surface area (Å²) >= 11 is 0. The number of amides is 2. The fourth-order valence-corrected chi connectivity index (χ4v) is 3.35. The maximum atomic E-state index is 12.7. The summed E-state index contributed by atoms with van der Waals surface area (Å²) in [6.45, 7) is 10.1. The molecule has 0 atom stereocenters. The molecule has 0 spiro atoms. The Morgan fingerprint density at radius 3 is 2.37 bits per heavy atom. The largest absolute Gasteiger partial charge is 0.369 e. The zero-order valence-corrected chi connectivity index (χ0v) is 18.4. The van der Waals surface area contributed by atoms with Crippen molar-refractivity contribution in [3.05, 3.63) is 59.7 Å². The van der Waals surface area contributed by atoms with Gasteiger partial charge in [0.2, 0.25) is 5.91 Å². The van der Waals surface area contributed by atoms with Crippen LogP contribution in [0.3, 0.4) is 0 Å². The van der Waals surface area contributed by atoms with Gasteiger partial charge in [-0.05, 0) is 36.9 Å². The van der Waals surface area contributed by atoms with Crippen LogP contribution in [0.2, 0.25) is 0 Å². The molecule has 2 amide bonds. The standard InChI is InChI=1S/C24H32N4O2/c1-24(2,3)23(30)26-20-10-7-9-18(16-20)22(29)25-17-19-8-5-6-11-21(19)28-14-12-27(4)13-15-28/h5-11,16H,12-15,17H2,1-4H3,(H,25,29)(H,26,30). The minimum Gasteiger partial charge on any atom is -0.369 e. The molecule has 3 rings (SSSR count). The van der Waals surface area contributed by atoms with E-state index in [-0.39, 0.29) is 11.8 Å². The van der Waals surface area contributed by atoms with E-state index in [1.165, 1.54) is 5.69 Å². The van der Waals surface area contributed by atoms with E-state index in [9.17, 15) is 9.59 Å². The summed E-state index contributed by atoms with van der Waals surface area (Å²) in [6, 6.07) is 15.3. The molecular formula is C24H32N4O2. The van der Waals surface area contributed by atoms with Crippen molar-refractivity contribution in [1.82, 2.24) is 10.2 Å². The quantitative estimate of drug-likeness (QED) is 0.796. The van der Waals surface area contributed by atoms with E-state index in [1.807, 2.05) is 32.9 Å². The second kappa shape index (κ2) is 9.30. The number of para-hydroxylation sites is 1. The van der Waals surface area contributed by atoms with E-state index in [0.29, 0.717) is 17.8 Å². The van der Waals surface area contributed by atoms with E-state index >= 15 is 0 Å². The monoisotopic (exact) mass is 408 g/mol. The minimum atomic E-state index is -0.495. The Morgan fingerprint density at radius 2 is 1.67 bits per heavy atom. The SMILES string of the molecule is CN1CCN(c2ccccc2CNC(=O)c2cccc(NC(=O)C(C)(C)C)c2)CC1. The summed E-state index contributed by atoms with van der Waals surface area (Å²) in [7, 11) is 2.14. The normalized spacial score (nSPS) is 15.0. The molecule has 160 valence electrons. The number of anilines is 2. The summed E-state index contributed by atoms with van der Waals surface area (Å²) in [5.41, 5.74) is 2.94. The summed E-state index contributed by atoms with van der Waals surface area (Å²) in [5.74, 6) is -0.240. The Bertz CT molecular complexity index is 896. The molecule has 6 heteroatoms. The number of nitrogens with one attached hydrogen (secondary N) is 2. The van der Waals surface area contributed by atoms with Crippen LogP contribution in [0, 0.1) is 5.41 Å². The molecule has 1 heterocycles. The molecule has 1 aliphatic heterocycles. The number of hydrogen-bond acceptors (Lipinski definition) is 4. The number of benzene rings is 2. The van der Waals surface area contributed by atoms with Gasteiger partial charge < -0.3 is 20.4 Å². The van der Waals surface area contributed by atoms with Gasteiger partial charge in [0.05, 0.1) is 0 Å². The van der Waals surface area contributed by atoms with Crippen LogP contribution < -0.4 is 15.5 Å². The third kappa shape index (κ3) is 5.60. The third-order valence-electron chi connectivity index (χ3n) is 5.34. The fraction of sp³-hybridized carbons (Fsp3) is 0.417. The average Bonchev–Trinajstić information content (AvgIpc) is 2.72. The van der Waals surface area contributed by atoms with Crippen LogP contribution in [0.5, 0.6) is 0 Å². The Morgan fingerprint density at radius 1 is 0.967 bits per heavy atom. The van der Waals surface area contributed by atoms with Gasteiger partial charge in [-0.3, -0.25) is 9.59 Å². The van der Waals surface area contributed by atoms with Gasteiger partial charge >= 0.3 is 0 Å². The summed E-state index contributed by atoms with van der Waals surface area (Å²) in [6.07, 6.45) is 0. The summed E-state index contributed by atoms with van der Waals surface area (Å²) in [4.78, 5) is 29.7. The van der Waals surface area contributed by atoms with Crippen molar-refractivity contribution in [2.75, 3.05) is 43.4 Å². The van der Waals surface area contributed by atoms with Crippen molar-refractivity contribution in [3.63, 3.8) is 0 Å². The highest BCUT2D eigenvalue weighted by atomic mass is 16.2. The first kappa shape index (κ1) is 21.8. The molecule has 0 radical (unpaired) electrons. The van der Waals surface area contributed by atoms with Gasteiger partial charge in [-0.1, -0.05) is 45.0 Å². The highest BCUT2D eigenvalue weighted by Crippen LogP contribution is 2.22. The molecule has 6 nitrogen and oxygen atoms in total. The van der Waals surface area contributed by atoms with Gasteiger partial charge in [0.25, 0.3) is 5.91 Å². The number of carbonyl (C=O) groups is 2. The highest BCUT2D eigenvalue weighted by Gasteiger charge is 2.21. The van der Waals surface area contributed by atoms with Crippen molar-refractivity contribution in [1.29, 1.82) is 0 Å². The molecule has 1 saturated heterocycles. The Hall–Kier alpha value is -2.86. The van der Waals surface area contributed by atoms with Gasteiger partial charge in [0, 0.05) is 55.1 Å². The lowest BCUT2D eigenvalue weighted by atomic mass is 9.95. The predicted molar refractivity (Wildman–Crippen MR) is 122 cm³/mol. The van der Waals surface area contributed by atoms with E-state index in [2.05, 4.69) is 39.6 Å². The molecule has 0 saturated carbocycles. The second-order valence-corrected chi connectivity index (χ2v) is 8.89. The van der Waals surface area contributed by atoms with Crippen molar-refractivity contribution in [2.45, 2.75) is 27.3 Å². The van der Waals surface area contributed by atoms with Crippen LogP contribution in [0.1, 0.15) is 36.7 Å². The van der Waals surface area contributed by atoms with Gasteiger partial charge in [0.15, 0.2) is 0 Å². The van der Waals surface area contributed by atoms with Crippen LogP contribution in [-0.4, -0.2) is 49.9 Å². The number of nitrogens with zero attached hydrogens (tertiary/aromatic N) is 2. The molecule has 0 bridgehead atoms. The van der Waals surface area contributed by atoms with Crippen molar-refractivity contribution in [3.8, 4) is 0 Å². The summed E-state index contributed by atoms with van der Waals surface area (Å²) < 4.78 is 0. The number of piperazine rings is 1. The molecule has 0 aliphatic carbocycles. The van der Waals surface area contributed by atoms with Crippen LogP contribution >= 0.6 is 0 Å². The molecule has 1 fully saturated rings. The Balaban J connectivity index is 1.65. The number of hydrogen-bond donors (Lipinski definition) is 2. The first-order chi connectivity index (χ1) is 14.2. The van der Waals surface area contributed by atoms with Gasteiger partial charge in [-0.25, -0.2) is 0 Å². The lowest BCUT2D eigenvalue weighted by molar-refractivity contribution is -0.123. The molecular weight excluding hydrogens is 376 g/mol. The zero-order valence-electron chi connectivity index (χ0n) is 18.4. The van der Waals surface area contributed by atoms with E-state index in [0.717, 1.165) is 31.7 Å². The Kier molecular flexibility index (Phi) is 6.77. The highest BCUT2D eigenvalue weighted by molar-refractivity contribution is 5.98. The average molecular weight is 409 g/mol. The first-order valence-electron chi connectivity index (χ1n) is 10.4. The molecule has 2 N–H and O–H groups in total. The first-order valence-corrected chi connectivity index (χ1v) is 10.4. The fourth-order valence-electron chi connectivity index (χ4n) is 3.35. The molecule has 2 aromatic carbocycles. The maximum Gasteiger partial charge on any atom is 0.251 e. The molecule has 0 unspecified atom stereocenters. The van der Waals surface area contributed by atoms with Crippen LogP contribution in [-0.2, 0) is 11.3 Å². The lowest BCUT2D eigenvalue weighted by Crippen LogP contribution is -2.45. The zero-order chi connectivity index (χ0) is 21.7. The second-order valence-electron chi connectivity index (χ2n) is 8.89. The summed E-state index contributed by atoms with van der Waals surface area (Å²) in [5, 5.41) is 5.90. The van der Waals surface area contributed by atoms with Crippen LogP contribution in [0.25, 0.3) is 0 Å². The number of likely N-dealkylation sites (N-methyl/N-ethyl adjacent to an activating group) is 1. The molecule has 2 aromatic rings. The van der Waals surface area contributed by atoms with E-state index in [1.54, 1.807) is 24.3 Å². The lowest BCUT2D eigenvalue weighted by Gasteiger charge is -2.35. The molecule has 30 heavy (non-hydrogen) atoms. The topological polar surface area (TPSA) is 64.7 Å². The predicted octanol–water partition coefficient (Wildman–Crippen LogP) is 3.35.